The monoisotopic (exact) mass is 466 g/mol. The zero-order valence-electron chi connectivity index (χ0n) is 19.9. The highest BCUT2D eigenvalue weighted by molar-refractivity contribution is 6.10. The molecule has 0 radical (unpaired) electrons. The van der Waals surface area contributed by atoms with Gasteiger partial charge in [-0.05, 0) is 37.6 Å². The average molecular weight is 467 g/mol. The van der Waals surface area contributed by atoms with E-state index >= 15 is 0 Å². The van der Waals surface area contributed by atoms with Crippen LogP contribution < -0.4 is 0 Å². The van der Waals surface area contributed by atoms with Gasteiger partial charge in [0.25, 0.3) is 0 Å². The Labute approximate surface area is 207 Å². The molecule has 7 aromatic rings. The lowest BCUT2D eigenvalue weighted by Crippen LogP contribution is -2.00. The van der Waals surface area contributed by atoms with Crippen LogP contribution in [0.3, 0.4) is 0 Å². The highest BCUT2D eigenvalue weighted by Gasteiger charge is 2.22. The van der Waals surface area contributed by atoms with Crippen LogP contribution in [-0.4, -0.2) is 19.5 Å². The normalized spacial score (nSPS) is 11.6. The zero-order chi connectivity index (χ0) is 24.2. The molecule has 4 aromatic heterocycles. The number of hydrogen-bond acceptors (Lipinski definition) is 4. The van der Waals surface area contributed by atoms with Gasteiger partial charge >= 0.3 is 0 Å². The van der Waals surface area contributed by atoms with E-state index in [1.165, 1.54) is 0 Å². The quantitative estimate of drug-likeness (QED) is 0.268. The van der Waals surface area contributed by atoms with Gasteiger partial charge < -0.3 is 4.42 Å². The number of imidazole rings is 1. The number of pyridine rings is 2. The van der Waals surface area contributed by atoms with E-state index in [2.05, 4.69) is 81.3 Å². The van der Waals surface area contributed by atoms with Crippen molar-refractivity contribution < 1.29 is 4.42 Å². The fraction of sp³-hybridized carbons (Fsp3) is 0.0645. The number of hydrogen-bond donors (Lipinski definition) is 0. The third kappa shape index (κ3) is 3.06. The summed E-state index contributed by atoms with van der Waals surface area (Å²) in [7, 11) is 0. The Kier molecular flexibility index (Phi) is 4.51. The number of furan rings is 1. The zero-order valence-corrected chi connectivity index (χ0v) is 19.9. The maximum absolute atomic E-state index is 6.49. The number of benzene rings is 3. The van der Waals surface area contributed by atoms with Crippen molar-refractivity contribution in [3.8, 4) is 28.2 Å². The SMILES string of the molecule is Cc1cc2oc3c(-c4nc5cnccc5n4-c4ccccc4-c4ccccc4)cccc3c2c(C)n1. The summed E-state index contributed by atoms with van der Waals surface area (Å²) in [6.07, 6.45) is 3.63. The molecule has 0 unspecified atom stereocenters. The van der Waals surface area contributed by atoms with Crippen LogP contribution in [0.25, 0.3) is 61.2 Å². The van der Waals surface area contributed by atoms with E-state index in [1.54, 1.807) is 0 Å². The Balaban J connectivity index is 1.58. The molecule has 172 valence electrons. The van der Waals surface area contributed by atoms with Crippen molar-refractivity contribution in [1.29, 1.82) is 0 Å². The van der Waals surface area contributed by atoms with Gasteiger partial charge in [0.05, 0.1) is 23.0 Å². The second-order valence-electron chi connectivity index (χ2n) is 9.02. The summed E-state index contributed by atoms with van der Waals surface area (Å²) >= 11 is 0. The van der Waals surface area contributed by atoms with Gasteiger partial charge in [-0.25, -0.2) is 4.98 Å². The van der Waals surface area contributed by atoms with Crippen molar-refractivity contribution >= 4 is 33.0 Å². The van der Waals surface area contributed by atoms with Gasteiger partial charge in [0, 0.05) is 40.0 Å². The lowest BCUT2D eigenvalue weighted by molar-refractivity contribution is 0.668. The molecule has 0 bridgehead atoms. The maximum atomic E-state index is 6.49. The molecule has 0 aliphatic rings. The van der Waals surface area contributed by atoms with E-state index in [1.807, 2.05) is 44.4 Å². The minimum absolute atomic E-state index is 0.810. The van der Waals surface area contributed by atoms with E-state index in [-0.39, 0.29) is 0 Å². The molecule has 0 amide bonds. The smallest absolute Gasteiger partial charge is 0.149 e. The lowest BCUT2D eigenvalue weighted by atomic mass is 10.0. The van der Waals surface area contributed by atoms with Crippen molar-refractivity contribution in [2.75, 3.05) is 0 Å². The van der Waals surface area contributed by atoms with Crippen LogP contribution in [0.2, 0.25) is 0 Å². The standard InChI is InChI=1S/C31H22N4O/c1-19-17-28-29(20(2)33-19)23-12-8-13-24(30(23)36-28)31-34-25-18-32-16-15-27(25)35(31)26-14-7-6-11-22(26)21-9-4-3-5-10-21/h3-18H,1-2H3. The molecule has 5 heteroatoms. The summed E-state index contributed by atoms with van der Waals surface area (Å²) in [6, 6.07) is 29.1. The van der Waals surface area contributed by atoms with Gasteiger partial charge in [0.15, 0.2) is 0 Å². The van der Waals surface area contributed by atoms with Gasteiger partial charge in [-0.3, -0.25) is 14.5 Å². The van der Waals surface area contributed by atoms with Gasteiger partial charge in [-0.1, -0.05) is 60.7 Å². The van der Waals surface area contributed by atoms with Crippen molar-refractivity contribution in [2.45, 2.75) is 13.8 Å². The summed E-state index contributed by atoms with van der Waals surface area (Å²) in [6.45, 7) is 4.03. The van der Waals surface area contributed by atoms with Gasteiger partial charge in [-0.15, -0.1) is 0 Å². The van der Waals surface area contributed by atoms with Crippen LogP contribution in [0, 0.1) is 13.8 Å². The highest BCUT2D eigenvalue weighted by Crippen LogP contribution is 2.40. The van der Waals surface area contributed by atoms with Crippen LogP contribution >= 0.6 is 0 Å². The Morgan fingerprint density at radius 1 is 0.778 bits per heavy atom. The summed E-state index contributed by atoms with van der Waals surface area (Å²) < 4.78 is 8.71. The van der Waals surface area contributed by atoms with Crippen molar-refractivity contribution in [3.05, 3.63) is 109 Å². The van der Waals surface area contributed by atoms with Crippen molar-refractivity contribution in [1.82, 2.24) is 19.5 Å². The van der Waals surface area contributed by atoms with Crippen LogP contribution in [0.5, 0.6) is 0 Å². The number of rotatable bonds is 3. The average Bonchev–Trinajstić information content (AvgIpc) is 3.47. The topological polar surface area (TPSA) is 56.7 Å². The first-order chi connectivity index (χ1) is 17.7. The molecule has 0 N–H and O–H groups in total. The van der Waals surface area contributed by atoms with Crippen molar-refractivity contribution in [3.63, 3.8) is 0 Å². The number of aryl methyl sites for hydroxylation is 2. The minimum Gasteiger partial charge on any atom is -0.455 e. The predicted molar refractivity (Wildman–Crippen MR) is 144 cm³/mol. The second-order valence-corrected chi connectivity index (χ2v) is 9.02. The first kappa shape index (κ1) is 20.6. The highest BCUT2D eigenvalue weighted by atomic mass is 16.3. The van der Waals surface area contributed by atoms with Gasteiger partial charge in [0.1, 0.15) is 22.5 Å². The molecule has 36 heavy (non-hydrogen) atoms. The molecule has 0 aliphatic carbocycles. The predicted octanol–water partition coefficient (Wildman–Crippen LogP) is 7.67. The van der Waals surface area contributed by atoms with E-state index < -0.39 is 0 Å². The Morgan fingerprint density at radius 2 is 1.58 bits per heavy atom. The lowest BCUT2D eigenvalue weighted by Gasteiger charge is -2.15. The van der Waals surface area contributed by atoms with Crippen LogP contribution in [0.4, 0.5) is 0 Å². The first-order valence-electron chi connectivity index (χ1n) is 12.0. The molecule has 0 spiro atoms. The van der Waals surface area contributed by atoms with E-state index in [0.29, 0.717) is 0 Å². The summed E-state index contributed by atoms with van der Waals surface area (Å²) in [5, 5.41) is 2.09. The van der Waals surface area contributed by atoms with E-state index in [0.717, 1.165) is 72.6 Å². The van der Waals surface area contributed by atoms with Crippen molar-refractivity contribution in [2.24, 2.45) is 0 Å². The molecule has 4 heterocycles. The molecular weight excluding hydrogens is 444 g/mol. The summed E-state index contributed by atoms with van der Waals surface area (Å²) in [4.78, 5) is 14.1. The number of aromatic nitrogens is 4. The van der Waals surface area contributed by atoms with Crippen LogP contribution in [0.15, 0.2) is 102 Å². The van der Waals surface area contributed by atoms with E-state index in [9.17, 15) is 0 Å². The molecule has 0 atom stereocenters. The van der Waals surface area contributed by atoms with Crippen LogP contribution in [0.1, 0.15) is 11.4 Å². The number of fused-ring (bicyclic) bond motifs is 4. The van der Waals surface area contributed by atoms with Gasteiger partial charge in [-0.2, -0.15) is 0 Å². The molecule has 3 aromatic carbocycles. The maximum Gasteiger partial charge on any atom is 0.149 e. The Bertz CT molecular complexity index is 1910. The molecule has 0 aliphatic heterocycles. The molecule has 7 rings (SSSR count). The molecule has 0 saturated heterocycles. The largest absolute Gasteiger partial charge is 0.455 e. The number of para-hydroxylation sites is 2. The van der Waals surface area contributed by atoms with Gasteiger partial charge in [0.2, 0.25) is 0 Å². The van der Waals surface area contributed by atoms with Crippen LogP contribution in [-0.2, 0) is 0 Å². The summed E-state index contributed by atoms with van der Waals surface area (Å²) in [5.74, 6) is 0.813. The Hall–Kier alpha value is -4.77. The van der Waals surface area contributed by atoms with E-state index in [4.69, 9.17) is 9.40 Å². The number of nitrogens with zero attached hydrogens (tertiary/aromatic N) is 4. The summed E-state index contributed by atoms with van der Waals surface area (Å²) in [5.41, 5.74) is 9.64. The Morgan fingerprint density at radius 3 is 2.47 bits per heavy atom. The third-order valence-corrected chi connectivity index (χ3v) is 6.72. The third-order valence-electron chi connectivity index (χ3n) is 6.72. The fourth-order valence-electron chi connectivity index (χ4n) is 5.22. The minimum atomic E-state index is 0.810. The molecule has 5 nitrogen and oxygen atoms in total. The molecular formula is C31H22N4O. The molecule has 0 saturated carbocycles. The second kappa shape index (κ2) is 7.89. The first-order valence-corrected chi connectivity index (χ1v) is 12.0. The molecule has 0 fully saturated rings. The fourth-order valence-corrected chi connectivity index (χ4v) is 5.22.